The van der Waals surface area contributed by atoms with E-state index in [0.717, 1.165) is 0 Å². The summed E-state index contributed by atoms with van der Waals surface area (Å²) in [6, 6.07) is 18.8. The molecular formula is C28H24. The second kappa shape index (κ2) is 5.47. The maximum absolute atomic E-state index is 2.53. The van der Waals surface area contributed by atoms with E-state index in [-0.39, 0.29) is 0 Å². The quantitative estimate of drug-likeness (QED) is 0.504. The average molecular weight is 361 g/mol. The summed E-state index contributed by atoms with van der Waals surface area (Å²) in [7, 11) is 0. The number of benzene rings is 2. The van der Waals surface area contributed by atoms with Gasteiger partial charge in [0.2, 0.25) is 0 Å². The van der Waals surface area contributed by atoms with Crippen LogP contribution in [0.1, 0.15) is 45.9 Å². The molecule has 8 aliphatic rings. The monoisotopic (exact) mass is 360 g/mol. The number of hydrogen-bond acceptors (Lipinski definition) is 0. The first kappa shape index (κ1) is 15.3. The first-order valence-corrected chi connectivity index (χ1v) is 10.8. The van der Waals surface area contributed by atoms with Crippen LogP contribution in [0.25, 0.3) is 0 Å². The predicted molar refractivity (Wildman–Crippen MR) is 114 cm³/mol. The molecule has 0 N–H and O–H groups in total. The van der Waals surface area contributed by atoms with Crippen molar-refractivity contribution in [2.45, 2.75) is 23.7 Å². The van der Waals surface area contributed by atoms with Gasteiger partial charge in [0.05, 0.1) is 0 Å². The molecule has 2 aromatic carbocycles. The molecule has 1 saturated carbocycles. The van der Waals surface area contributed by atoms with Crippen LogP contribution in [0.4, 0.5) is 0 Å². The van der Waals surface area contributed by atoms with E-state index in [4.69, 9.17) is 0 Å². The fourth-order valence-corrected chi connectivity index (χ4v) is 7.52. The van der Waals surface area contributed by atoms with Gasteiger partial charge in [-0.3, -0.25) is 0 Å². The molecule has 0 aromatic heterocycles. The highest BCUT2D eigenvalue weighted by Crippen LogP contribution is 2.68. The summed E-state index contributed by atoms with van der Waals surface area (Å²) in [4.78, 5) is 0. The fraction of sp³-hybridized carbons (Fsp3) is 0.286. The summed E-state index contributed by atoms with van der Waals surface area (Å²) < 4.78 is 0. The van der Waals surface area contributed by atoms with Crippen molar-refractivity contribution in [1.82, 2.24) is 0 Å². The molecule has 0 saturated heterocycles. The predicted octanol–water partition coefficient (Wildman–Crippen LogP) is 6.48. The molecule has 4 bridgehead atoms. The second-order valence-corrected chi connectivity index (χ2v) is 9.21. The highest BCUT2D eigenvalue weighted by atomic mass is 14.6. The van der Waals surface area contributed by atoms with E-state index in [0.29, 0.717) is 47.3 Å². The third-order valence-corrected chi connectivity index (χ3v) is 8.31. The number of rotatable bonds is 0. The van der Waals surface area contributed by atoms with Crippen molar-refractivity contribution in [2.75, 3.05) is 0 Å². The van der Waals surface area contributed by atoms with Crippen molar-refractivity contribution in [3.8, 4) is 0 Å². The summed E-state index contributed by atoms with van der Waals surface area (Å²) in [5.41, 5.74) is 6.50. The van der Waals surface area contributed by atoms with E-state index in [1.807, 2.05) is 0 Å². The molecule has 8 atom stereocenters. The molecule has 0 nitrogen and oxygen atoms in total. The zero-order valence-electron chi connectivity index (χ0n) is 15.9. The lowest BCUT2D eigenvalue weighted by Gasteiger charge is -2.59. The van der Waals surface area contributed by atoms with Crippen LogP contribution in [0.15, 0.2) is 97.1 Å². The van der Waals surface area contributed by atoms with Crippen LogP contribution in [0.5, 0.6) is 0 Å². The fourth-order valence-electron chi connectivity index (χ4n) is 7.52. The highest BCUT2D eigenvalue weighted by Gasteiger charge is 2.57. The van der Waals surface area contributed by atoms with Crippen molar-refractivity contribution in [3.05, 3.63) is 119 Å². The lowest BCUT2D eigenvalue weighted by Crippen LogP contribution is -2.48. The Morgan fingerprint density at radius 1 is 0.357 bits per heavy atom. The molecule has 0 heterocycles. The van der Waals surface area contributed by atoms with Crippen LogP contribution < -0.4 is 0 Å². The molecule has 0 aliphatic heterocycles. The minimum Gasteiger partial charge on any atom is -0.0802 e. The minimum absolute atomic E-state index is 0.560. The SMILES string of the molecule is C1=CC2C(C=C1)C1c3ccccc3C2C2c3ccccc3C1C1C=CC=CC12. The van der Waals surface area contributed by atoms with Crippen molar-refractivity contribution >= 4 is 0 Å². The molecule has 0 radical (unpaired) electrons. The van der Waals surface area contributed by atoms with Crippen LogP contribution in [-0.4, -0.2) is 0 Å². The Morgan fingerprint density at radius 2 is 0.607 bits per heavy atom. The van der Waals surface area contributed by atoms with Gasteiger partial charge in [-0.05, 0) is 69.6 Å². The van der Waals surface area contributed by atoms with Crippen molar-refractivity contribution in [1.29, 1.82) is 0 Å². The van der Waals surface area contributed by atoms with Gasteiger partial charge in [-0.2, -0.15) is 0 Å². The van der Waals surface area contributed by atoms with Gasteiger partial charge >= 0.3 is 0 Å². The minimum atomic E-state index is 0.560. The molecule has 0 amide bonds. The third-order valence-electron chi connectivity index (χ3n) is 8.31. The molecule has 0 spiro atoms. The largest absolute Gasteiger partial charge is 0.0802 e. The lowest BCUT2D eigenvalue weighted by molar-refractivity contribution is 0.136. The molecule has 8 aliphatic carbocycles. The van der Waals surface area contributed by atoms with Crippen LogP contribution in [0.2, 0.25) is 0 Å². The van der Waals surface area contributed by atoms with Gasteiger partial charge in [0.25, 0.3) is 0 Å². The zero-order valence-corrected chi connectivity index (χ0v) is 15.9. The summed E-state index contributed by atoms with van der Waals surface area (Å²) in [6.45, 7) is 0. The Balaban J connectivity index is 1.61. The van der Waals surface area contributed by atoms with Gasteiger partial charge in [-0.1, -0.05) is 97.1 Å². The molecule has 136 valence electrons. The van der Waals surface area contributed by atoms with Crippen molar-refractivity contribution < 1.29 is 0 Å². The van der Waals surface area contributed by atoms with Gasteiger partial charge in [0, 0.05) is 0 Å². The first-order chi connectivity index (χ1) is 13.9. The Morgan fingerprint density at radius 3 is 0.857 bits per heavy atom. The zero-order chi connectivity index (χ0) is 18.2. The standard InChI is InChI=1S/C28H24/c1-2-10-18-17(9-1)25-19-11-3-4-12-20(19)26(18)28-23-15-7-5-13-21(23)27(25)22-14-6-8-16-24(22)28/h1-18,21,23,25-28H. The Labute approximate surface area is 167 Å². The third kappa shape index (κ3) is 1.77. The molecular weight excluding hydrogens is 336 g/mol. The second-order valence-electron chi connectivity index (χ2n) is 9.21. The molecule has 10 rings (SSSR count). The highest BCUT2D eigenvalue weighted by molar-refractivity contribution is 5.54. The smallest absolute Gasteiger partial charge is 0.00154 e. The van der Waals surface area contributed by atoms with E-state index in [9.17, 15) is 0 Å². The molecule has 2 aromatic rings. The molecule has 8 unspecified atom stereocenters. The molecule has 0 heteroatoms. The van der Waals surface area contributed by atoms with E-state index >= 15 is 0 Å². The van der Waals surface area contributed by atoms with Gasteiger partial charge in [0.15, 0.2) is 0 Å². The summed E-state index contributed by atoms with van der Waals surface area (Å²) >= 11 is 0. The lowest BCUT2D eigenvalue weighted by atomic mass is 9.44. The van der Waals surface area contributed by atoms with Crippen molar-refractivity contribution in [2.24, 2.45) is 23.7 Å². The van der Waals surface area contributed by atoms with Gasteiger partial charge in [0.1, 0.15) is 0 Å². The van der Waals surface area contributed by atoms with E-state index in [1.165, 1.54) is 0 Å². The first-order valence-electron chi connectivity index (χ1n) is 10.8. The number of hydrogen-bond donors (Lipinski definition) is 0. The maximum atomic E-state index is 2.53. The maximum Gasteiger partial charge on any atom is -0.00154 e. The van der Waals surface area contributed by atoms with Crippen LogP contribution in [-0.2, 0) is 0 Å². The van der Waals surface area contributed by atoms with Gasteiger partial charge in [-0.25, -0.2) is 0 Å². The normalized spacial score (nSPS) is 40.3. The average Bonchev–Trinajstić information content (AvgIpc) is 2.74. The van der Waals surface area contributed by atoms with E-state index in [1.54, 1.807) is 22.3 Å². The summed E-state index contributed by atoms with van der Waals surface area (Å²) in [5, 5.41) is 0. The van der Waals surface area contributed by atoms with Gasteiger partial charge < -0.3 is 0 Å². The van der Waals surface area contributed by atoms with Crippen molar-refractivity contribution in [3.63, 3.8) is 0 Å². The Bertz CT molecular complexity index is 907. The molecule has 1 fully saturated rings. The van der Waals surface area contributed by atoms with Crippen LogP contribution in [0.3, 0.4) is 0 Å². The van der Waals surface area contributed by atoms with E-state index < -0.39 is 0 Å². The van der Waals surface area contributed by atoms with Gasteiger partial charge in [-0.15, -0.1) is 0 Å². The summed E-state index contributed by atoms with van der Waals surface area (Å²) in [5.74, 6) is 4.71. The topological polar surface area (TPSA) is 0 Å². The van der Waals surface area contributed by atoms with Crippen LogP contribution in [0, 0.1) is 23.7 Å². The number of allylic oxidation sites excluding steroid dienone is 8. The Hall–Kier alpha value is -2.60. The molecule has 28 heavy (non-hydrogen) atoms. The Kier molecular flexibility index (Phi) is 3.00. The van der Waals surface area contributed by atoms with E-state index in [2.05, 4.69) is 97.1 Å². The summed E-state index contributed by atoms with van der Waals surface area (Å²) in [6.07, 6.45) is 19.3. The van der Waals surface area contributed by atoms with Crippen LogP contribution >= 0.6 is 0 Å².